The van der Waals surface area contributed by atoms with Crippen molar-refractivity contribution in [2.75, 3.05) is 13.1 Å². The molecule has 5 heteroatoms. The second kappa shape index (κ2) is 5.11. The van der Waals surface area contributed by atoms with E-state index in [1.54, 1.807) is 0 Å². The van der Waals surface area contributed by atoms with Gasteiger partial charge in [-0.1, -0.05) is 18.0 Å². The van der Waals surface area contributed by atoms with Crippen LogP contribution in [-0.2, 0) is 0 Å². The van der Waals surface area contributed by atoms with E-state index in [1.165, 1.54) is 6.42 Å². The molecule has 1 unspecified atom stereocenters. The van der Waals surface area contributed by atoms with E-state index in [4.69, 9.17) is 18.0 Å². The van der Waals surface area contributed by atoms with Crippen LogP contribution in [0.5, 0.6) is 0 Å². The van der Waals surface area contributed by atoms with Crippen LogP contribution in [0, 0.1) is 4.91 Å². The molecule has 0 amide bonds. The average Bonchev–Trinajstić information content (AvgIpc) is 2.30. The van der Waals surface area contributed by atoms with Crippen molar-refractivity contribution < 1.29 is 0 Å². The van der Waals surface area contributed by atoms with Crippen LogP contribution in [-0.4, -0.2) is 29.1 Å². The van der Waals surface area contributed by atoms with E-state index in [0.29, 0.717) is 11.7 Å². The lowest BCUT2D eigenvalue weighted by Gasteiger charge is -2.28. The van der Waals surface area contributed by atoms with Crippen molar-refractivity contribution in [2.24, 2.45) is 10.9 Å². The molecular formula is C8H15N3OS. The Balaban J connectivity index is 2.60. The summed E-state index contributed by atoms with van der Waals surface area (Å²) in [7, 11) is 0. The number of hydrogen-bond donors (Lipinski definition) is 1. The molecule has 0 aromatic rings. The van der Waals surface area contributed by atoms with Crippen LogP contribution in [0.25, 0.3) is 0 Å². The van der Waals surface area contributed by atoms with E-state index in [1.807, 2.05) is 4.90 Å². The molecule has 1 rings (SSSR count). The first-order valence-corrected chi connectivity index (χ1v) is 5.01. The Kier molecular flexibility index (Phi) is 4.08. The number of nitrogens with zero attached hydrogens (tertiary/aromatic N) is 2. The van der Waals surface area contributed by atoms with Gasteiger partial charge >= 0.3 is 0 Å². The molecule has 1 atom stereocenters. The van der Waals surface area contributed by atoms with Crippen molar-refractivity contribution in [3.8, 4) is 0 Å². The summed E-state index contributed by atoms with van der Waals surface area (Å²) in [6.45, 7) is 1.17. The fraction of sp³-hybridized carbons (Fsp3) is 0.875. The van der Waals surface area contributed by atoms with Crippen LogP contribution in [0.4, 0.5) is 0 Å². The average molecular weight is 201 g/mol. The van der Waals surface area contributed by atoms with Crippen LogP contribution in [0.3, 0.4) is 0 Å². The summed E-state index contributed by atoms with van der Waals surface area (Å²) in [6, 6.07) is 0.137. The molecule has 0 aliphatic carbocycles. The number of nitroso groups, excluding NO2 is 1. The Hall–Kier alpha value is -0.710. The molecule has 74 valence electrons. The summed E-state index contributed by atoms with van der Waals surface area (Å²) in [5.41, 5.74) is 5.57. The Morgan fingerprint density at radius 1 is 1.54 bits per heavy atom. The standard InChI is InChI=1S/C8H15N3OS/c9-8(13)11-5-3-1-2-4-7(11)6-10-12/h7H,1-6H2,(H2,9,13). The van der Waals surface area contributed by atoms with Gasteiger partial charge < -0.3 is 10.6 Å². The maximum Gasteiger partial charge on any atom is 0.166 e. The van der Waals surface area contributed by atoms with Gasteiger partial charge in [0.1, 0.15) is 6.54 Å². The topological polar surface area (TPSA) is 58.7 Å². The van der Waals surface area contributed by atoms with Crippen LogP contribution >= 0.6 is 12.2 Å². The van der Waals surface area contributed by atoms with E-state index in [2.05, 4.69) is 5.18 Å². The van der Waals surface area contributed by atoms with Gasteiger partial charge in [-0.05, 0) is 25.1 Å². The van der Waals surface area contributed by atoms with Gasteiger partial charge in [-0.15, -0.1) is 0 Å². The van der Waals surface area contributed by atoms with E-state index in [9.17, 15) is 4.91 Å². The van der Waals surface area contributed by atoms with Crippen LogP contribution < -0.4 is 5.73 Å². The zero-order valence-corrected chi connectivity index (χ0v) is 8.42. The molecule has 13 heavy (non-hydrogen) atoms. The number of thiocarbonyl (C=S) groups is 1. The Morgan fingerprint density at radius 3 is 2.92 bits per heavy atom. The summed E-state index contributed by atoms with van der Waals surface area (Å²) < 4.78 is 0. The number of nitrogens with two attached hydrogens (primary N) is 1. The molecule has 0 bridgehead atoms. The predicted molar refractivity (Wildman–Crippen MR) is 56.4 cm³/mol. The van der Waals surface area contributed by atoms with Crippen LogP contribution in [0.2, 0.25) is 0 Å². The summed E-state index contributed by atoms with van der Waals surface area (Å²) in [5, 5.41) is 3.33. The maximum absolute atomic E-state index is 10.2. The SMILES string of the molecule is NC(=S)N1CCCCCC1CN=O. The van der Waals surface area contributed by atoms with Gasteiger partial charge in [-0.25, -0.2) is 0 Å². The van der Waals surface area contributed by atoms with Gasteiger partial charge in [-0.3, -0.25) is 0 Å². The molecule has 2 N–H and O–H groups in total. The summed E-state index contributed by atoms with van der Waals surface area (Å²) >= 11 is 4.93. The molecule has 0 spiro atoms. The molecule has 1 aliphatic rings. The van der Waals surface area contributed by atoms with Crippen LogP contribution in [0.15, 0.2) is 5.18 Å². The van der Waals surface area contributed by atoms with Crippen molar-refractivity contribution in [3.63, 3.8) is 0 Å². The smallest absolute Gasteiger partial charge is 0.166 e. The molecule has 0 saturated carbocycles. The number of rotatable bonds is 2. The van der Waals surface area contributed by atoms with Crippen molar-refractivity contribution >= 4 is 17.3 Å². The number of hydrogen-bond acceptors (Lipinski definition) is 3. The highest BCUT2D eigenvalue weighted by Crippen LogP contribution is 2.16. The van der Waals surface area contributed by atoms with Crippen molar-refractivity contribution in [2.45, 2.75) is 31.7 Å². The lowest BCUT2D eigenvalue weighted by Crippen LogP contribution is -2.44. The van der Waals surface area contributed by atoms with Crippen LogP contribution in [0.1, 0.15) is 25.7 Å². The molecule has 1 fully saturated rings. The van der Waals surface area contributed by atoms with Gasteiger partial charge in [0, 0.05) is 6.54 Å². The first-order chi connectivity index (χ1) is 6.25. The van der Waals surface area contributed by atoms with Crippen molar-refractivity contribution in [1.29, 1.82) is 0 Å². The summed E-state index contributed by atoms with van der Waals surface area (Å²) in [4.78, 5) is 12.1. The molecule has 0 radical (unpaired) electrons. The lowest BCUT2D eigenvalue weighted by atomic mass is 10.1. The minimum atomic E-state index is 0.137. The zero-order chi connectivity index (χ0) is 9.68. The second-order valence-corrected chi connectivity index (χ2v) is 3.76. The first-order valence-electron chi connectivity index (χ1n) is 4.61. The van der Waals surface area contributed by atoms with Gasteiger partial charge in [0.25, 0.3) is 0 Å². The third-order valence-electron chi connectivity index (χ3n) is 2.45. The normalized spacial score (nSPS) is 23.7. The highest BCUT2D eigenvalue weighted by Gasteiger charge is 2.21. The molecule has 1 aliphatic heterocycles. The fourth-order valence-corrected chi connectivity index (χ4v) is 1.98. The van der Waals surface area contributed by atoms with Gasteiger partial charge in [0.05, 0.1) is 6.04 Å². The highest BCUT2D eigenvalue weighted by atomic mass is 32.1. The van der Waals surface area contributed by atoms with Crippen molar-refractivity contribution in [3.05, 3.63) is 4.91 Å². The fourth-order valence-electron chi connectivity index (χ4n) is 1.74. The lowest BCUT2D eigenvalue weighted by molar-refractivity contribution is 0.323. The number of likely N-dealkylation sites (tertiary alicyclic amines) is 1. The largest absolute Gasteiger partial charge is 0.376 e. The third kappa shape index (κ3) is 2.91. The van der Waals surface area contributed by atoms with E-state index in [0.717, 1.165) is 25.8 Å². The molecule has 0 aromatic heterocycles. The van der Waals surface area contributed by atoms with Gasteiger partial charge in [0.15, 0.2) is 5.11 Å². The first kappa shape index (κ1) is 10.4. The second-order valence-electron chi connectivity index (χ2n) is 3.35. The monoisotopic (exact) mass is 201 g/mol. The molecule has 4 nitrogen and oxygen atoms in total. The molecule has 1 saturated heterocycles. The summed E-state index contributed by atoms with van der Waals surface area (Å²) in [6.07, 6.45) is 4.41. The van der Waals surface area contributed by atoms with E-state index in [-0.39, 0.29) is 6.04 Å². The summed E-state index contributed by atoms with van der Waals surface area (Å²) in [5.74, 6) is 0. The van der Waals surface area contributed by atoms with E-state index < -0.39 is 0 Å². The quantitative estimate of drug-likeness (QED) is 0.539. The minimum absolute atomic E-state index is 0.137. The van der Waals surface area contributed by atoms with Crippen molar-refractivity contribution in [1.82, 2.24) is 4.90 Å². The predicted octanol–water partition coefficient (Wildman–Crippen LogP) is 1.24. The molecular weight excluding hydrogens is 186 g/mol. The highest BCUT2D eigenvalue weighted by molar-refractivity contribution is 7.80. The molecule has 0 aromatic carbocycles. The Morgan fingerprint density at radius 2 is 2.31 bits per heavy atom. The maximum atomic E-state index is 10.2. The van der Waals surface area contributed by atoms with Gasteiger partial charge in [0.2, 0.25) is 0 Å². The minimum Gasteiger partial charge on any atom is -0.376 e. The zero-order valence-electron chi connectivity index (χ0n) is 7.61. The Bertz CT molecular complexity index is 198. The van der Waals surface area contributed by atoms with Gasteiger partial charge in [-0.2, -0.15) is 4.91 Å². The Labute approximate surface area is 83.4 Å². The third-order valence-corrected chi connectivity index (χ3v) is 2.68. The van der Waals surface area contributed by atoms with E-state index >= 15 is 0 Å². The molecule has 1 heterocycles.